The summed E-state index contributed by atoms with van der Waals surface area (Å²) in [5.41, 5.74) is 6.47. The van der Waals surface area contributed by atoms with E-state index in [4.69, 9.17) is 18.9 Å². The van der Waals surface area contributed by atoms with E-state index in [1.807, 2.05) is 27.7 Å². The molecule has 0 bridgehead atoms. The Morgan fingerprint density at radius 2 is 0.717 bits per heavy atom. The first-order valence-electron chi connectivity index (χ1n) is 18.4. The zero-order chi connectivity index (χ0) is 36.5. The Hall–Kier alpha value is -5.52. The van der Waals surface area contributed by atoms with Gasteiger partial charge in [-0.2, -0.15) is 0 Å². The van der Waals surface area contributed by atoms with E-state index in [0.29, 0.717) is 26.4 Å². The Balaban J connectivity index is 1.31. The summed E-state index contributed by atoms with van der Waals surface area (Å²) in [6.07, 6.45) is 0. The molecule has 8 aromatic carbocycles. The molecule has 0 unspecified atom stereocenters. The molecule has 53 heavy (non-hydrogen) atoms. The van der Waals surface area contributed by atoms with Gasteiger partial charge in [-0.05, 0) is 130 Å². The molecule has 8 rings (SSSR count). The van der Waals surface area contributed by atoms with Crippen LogP contribution in [0.5, 0.6) is 23.0 Å². The maximum Gasteiger partial charge on any atom is 0.127 e. The molecule has 0 atom stereocenters. The zero-order valence-corrected chi connectivity index (χ0v) is 32.0. The molecule has 8 aromatic rings. The van der Waals surface area contributed by atoms with Crippen molar-refractivity contribution in [1.82, 2.24) is 0 Å². The molecule has 5 heteroatoms. The van der Waals surface area contributed by atoms with Crippen LogP contribution in [0, 0.1) is 0 Å². The summed E-state index contributed by atoms with van der Waals surface area (Å²) >= 11 is 3.66. The van der Waals surface area contributed by atoms with E-state index in [1.54, 1.807) is 0 Å². The molecule has 0 heterocycles. The first-order valence-corrected chi connectivity index (χ1v) is 19.2. The molecule has 0 aromatic heterocycles. The second-order valence-corrected chi connectivity index (χ2v) is 13.9. The van der Waals surface area contributed by atoms with Crippen molar-refractivity contribution < 1.29 is 18.9 Å². The van der Waals surface area contributed by atoms with Gasteiger partial charge < -0.3 is 18.9 Å². The quantitative estimate of drug-likeness (QED) is 0.132. The van der Waals surface area contributed by atoms with E-state index in [9.17, 15) is 0 Å². The average Bonchev–Trinajstić information content (AvgIpc) is 3.18. The minimum Gasteiger partial charge on any atom is -0.493 e. The van der Waals surface area contributed by atoms with Crippen LogP contribution in [0.2, 0.25) is 0 Å². The Bertz CT molecular complexity index is 2640. The van der Waals surface area contributed by atoms with E-state index in [2.05, 4.69) is 143 Å². The number of ether oxygens (including phenoxy) is 4. The standard InChI is InChI=1S/C48H41BrO4/c1-5-50-41-23-15-30-11-9-10-12-37(30)45(41)46-38-20-13-31(27-33(38)16-24-42(46)51-6-2)32-14-21-39-34(28-32)17-25-43(52-7-3)47(39)48-40-22-19-36(49)29-35(40)18-26-44(48)53-8-4/h9-29H,5-8H2,1-4H3. The monoisotopic (exact) mass is 760 g/mol. The van der Waals surface area contributed by atoms with Crippen molar-refractivity contribution in [1.29, 1.82) is 0 Å². The molecule has 0 spiro atoms. The minimum atomic E-state index is 0.561. The van der Waals surface area contributed by atoms with Gasteiger partial charge in [0.05, 0.1) is 26.4 Å². The molecule has 0 N–H and O–H groups in total. The summed E-state index contributed by atoms with van der Waals surface area (Å²) in [6.45, 7) is 10.4. The van der Waals surface area contributed by atoms with E-state index >= 15 is 0 Å². The molecule has 0 radical (unpaired) electrons. The Kier molecular flexibility index (Phi) is 9.68. The second kappa shape index (κ2) is 14.8. The fraction of sp³-hybridized carbons (Fsp3) is 0.167. The Morgan fingerprint density at radius 3 is 1.15 bits per heavy atom. The van der Waals surface area contributed by atoms with Crippen molar-refractivity contribution in [3.8, 4) is 56.4 Å². The highest BCUT2D eigenvalue weighted by Gasteiger charge is 2.21. The first kappa shape index (κ1) is 34.6. The molecule has 0 fully saturated rings. The molecule has 0 amide bonds. The predicted molar refractivity (Wildman–Crippen MR) is 225 cm³/mol. The third kappa shape index (κ3) is 6.34. The molecule has 4 nitrogen and oxygen atoms in total. The highest BCUT2D eigenvalue weighted by Crippen LogP contribution is 2.48. The van der Waals surface area contributed by atoms with Crippen molar-refractivity contribution in [2.24, 2.45) is 0 Å². The number of benzene rings is 8. The first-order chi connectivity index (χ1) is 26.0. The fourth-order valence-corrected chi connectivity index (χ4v) is 8.02. The highest BCUT2D eigenvalue weighted by atomic mass is 79.9. The van der Waals surface area contributed by atoms with Crippen molar-refractivity contribution in [2.75, 3.05) is 26.4 Å². The average molecular weight is 762 g/mol. The van der Waals surface area contributed by atoms with Gasteiger partial charge in [-0.25, -0.2) is 0 Å². The fourth-order valence-electron chi connectivity index (χ4n) is 7.65. The molecule has 0 aliphatic carbocycles. The smallest absolute Gasteiger partial charge is 0.127 e. The van der Waals surface area contributed by atoms with Crippen molar-refractivity contribution in [3.63, 3.8) is 0 Å². The van der Waals surface area contributed by atoms with Crippen LogP contribution in [-0.4, -0.2) is 26.4 Å². The van der Waals surface area contributed by atoms with Crippen molar-refractivity contribution >= 4 is 59.0 Å². The summed E-state index contributed by atoms with van der Waals surface area (Å²) in [5, 5.41) is 9.04. The molecular weight excluding hydrogens is 720 g/mol. The molecule has 0 aliphatic heterocycles. The predicted octanol–water partition coefficient (Wildman–Crippen LogP) is 13.7. The second-order valence-electron chi connectivity index (χ2n) is 12.9. The lowest BCUT2D eigenvalue weighted by molar-refractivity contribution is 0.337. The van der Waals surface area contributed by atoms with Gasteiger partial charge in [0.15, 0.2) is 0 Å². The van der Waals surface area contributed by atoms with Crippen LogP contribution in [0.3, 0.4) is 0 Å². The maximum absolute atomic E-state index is 6.31. The van der Waals surface area contributed by atoms with Gasteiger partial charge in [0.1, 0.15) is 23.0 Å². The molecule has 0 saturated carbocycles. The van der Waals surface area contributed by atoms with Gasteiger partial charge >= 0.3 is 0 Å². The number of hydrogen-bond donors (Lipinski definition) is 0. The van der Waals surface area contributed by atoms with Crippen LogP contribution in [0.25, 0.3) is 76.5 Å². The maximum atomic E-state index is 6.31. The van der Waals surface area contributed by atoms with Gasteiger partial charge in [-0.3, -0.25) is 0 Å². The minimum absolute atomic E-state index is 0.561. The van der Waals surface area contributed by atoms with Crippen LogP contribution in [0.4, 0.5) is 0 Å². The third-order valence-electron chi connectivity index (χ3n) is 9.83. The lowest BCUT2D eigenvalue weighted by atomic mass is 9.89. The summed E-state index contributed by atoms with van der Waals surface area (Å²) in [4.78, 5) is 0. The molecule has 0 aliphatic rings. The zero-order valence-electron chi connectivity index (χ0n) is 30.5. The topological polar surface area (TPSA) is 36.9 Å². The van der Waals surface area contributed by atoms with E-state index in [-0.39, 0.29) is 0 Å². The van der Waals surface area contributed by atoms with Crippen molar-refractivity contribution in [2.45, 2.75) is 27.7 Å². The van der Waals surface area contributed by atoms with Crippen LogP contribution in [0.1, 0.15) is 27.7 Å². The van der Waals surface area contributed by atoms with Crippen LogP contribution in [-0.2, 0) is 0 Å². The van der Waals surface area contributed by atoms with Crippen LogP contribution in [0.15, 0.2) is 132 Å². The van der Waals surface area contributed by atoms with E-state index in [0.717, 1.165) is 104 Å². The van der Waals surface area contributed by atoms with Crippen molar-refractivity contribution in [3.05, 3.63) is 132 Å². The lowest BCUT2D eigenvalue weighted by Gasteiger charge is -2.20. The molecule has 0 saturated heterocycles. The van der Waals surface area contributed by atoms with Gasteiger partial charge in [-0.1, -0.05) is 94.8 Å². The van der Waals surface area contributed by atoms with E-state index in [1.165, 1.54) is 0 Å². The summed E-state index contributed by atoms with van der Waals surface area (Å²) in [5.74, 6) is 3.38. The Morgan fingerprint density at radius 1 is 0.358 bits per heavy atom. The number of rotatable bonds is 11. The Labute approximate surface area is 319 Å². The number of hydrogen-bond acceptors (Lipinski definition) is 4. The summed E-state index contributed by atoms with van der Waals surface area (Å²) in [6, 6.07) is 45.3. The van der Waals surface area contributed by atoms with Gasteiger partial charge in [-0.15, -0.1) is 0 Å². The molecule has 264 valence electrons. The highest BCUT2D eigenvalue weighted by molar-refractivity contribution is 9.10. The van der Waals surface area contributed by atoms with Gasteiger partial charge in [0.25, 0.3) is 0 Å². The largest absolute Gasteiger partial charge is 0.493 e. The summed E-state index contributed by atoms with van der Waals surface area (Å²) in [7, 11) is 0. The van der Waals surface area contributed by atoms with E-state index < -0.39 is 0 Å². The number of halogens is 1. The number of fused-ring (bicyclic) bond motifs is 4. The SMILES string of the molecule is CCOc1ccc2ccccc2c1-c1c(OCC)ccc2cc(-c3ccc4c(-c5c(OCC)ccc6cc(Br)ccc56)c(OCC)ccc4c3)ccc12. The summed E-state index contributed by atoms with van der Waals surface area (Å²) < 4.78 is 26.2. The van der Waals surface area contributed by atoms with Crippen LogP contribution < -0.4 is 18.9 Å². The molecular formula is C48H41BrO4. The lowest BCUT2D eigenvalue weighted by Crippen LogP contribution is -1.99. The normalized spacial score (nSPS) is 11.4. The third-order valence-corrected chi connectivity index (χ3v) is 10.3. The van der Waals surface area contributed by atoms with Gasteiger partial charge in [0.2, 0.25) is 0 Å². The van der Waals surface area contributed by atoms with Crippen LogP contribution >= 0.6 is 15.9 Å². The van der Waals surface area contributed by atoms with Gasteiger partial charge in [0, 0.05) is 26.7 Å².